The molecule has 2 N–H and O–H groups in total. The normalized spacial score (nSPS) is 23.9. The van der Waals surface area contributed by atoms with Crippen molar-refractivity contribution in [3.63, 3.8) is 0 Å². The van der Waals surface area contributed by atoms with Gasteiger partial charge in [-0.3, -0.25) is 0 Å². The Bertz CT molecular complexity index is 832. The lowest BCUT2D eigenvalue weighted by Crippen LogP contribution is -2.55. The lowest BCUT2D eigenvalue weighted by molar-refractivity contribution is -0.124. The van der Waals surface area contributed by atoms with E-state index in [1.54, 1.807) is 0 Å². The standard InChI is InChI=1S/C23H27FN2O/c1-16(25)17-3-5-18(6-4-17)22(19-7-9-21(24)10-8-19)20-13-23(14-20)15-26(2)11-12-27-23/h3-10,16H,11-15,25H2,1-2H3/t16-,23?/m1/s1. The van der Waals surface area contributed by atoms with E-state index < -0.39 is 0 Å². The van der Waals surface area contributed by atoms with Crippen LogP contribution in [0.4, 0.5) is 4.39 Å². The van der Waals surface area contributed by atoms with Crippen LogP contribution < -0.4 is 5.73 Å². The minimum absolute atomic E-state index is 0.0131. The second kappa shape index (κ2) is 7.19. The Morgan fingerprint density at radius 1 is 1.07 bits per heavy atom. The highest BCUT2D eigenvalue weighted by molar-refractivity contribution is 5.83. The van der Waals surface area contributed by atoms with E-state index in [1.807, 2.05) is 19.1 Å². The number of likely N-dealkylation sites (N-methyl/N-ethyl adjacent to an activating group) is 1. The van der Waals surface area contributed by atoms with Crippen LogP contribution in [0.5, 0.6) is 0 Å². The highest BCUT2D eigenvalue weighted by atomic mass is 19.1. The molecule has 4 rings (SSSR count). The van der Waals surface area contributed by atoms with E-state index in [-0.39, 0.29) is 17.5 Å². The Balaban J connectivity index is 1.70. The maximum atomic E-state index is 13.5. The Hall–Kier alpha value is -2.01. The van der Waals surface area contributed by atoms with Crippen LogP contribution >= 0.6 is 0 Å². The van der Waals surface area contributed by atoms with Gasteiger partial charge in [0.2, 0.25) is 0 Å². The first-order chi connectivity index (χ1) is 13.0. The molecule has 0 aromatic heterocycles. The number of benzene rings is 2. The summed E-state index contributed by atoms with van der Waals surface area (Å²) in [5, 5.41) is 0. The summed E-state index contributed by atoms with van der Waals surface area (Å²) in [6.07, 6.45) is 1.86. The predicted octanol–water partition coefficient (Wildman–Crippen LogP) is 4.14. The van der Waals surface area contributed by atoms with Crippen LogP contribution in [0.2, 0.25) is 0 Å². The van der Waals surface area contributed by atoms with E-state index in [9.17, 15) is 4.39 Å². The Kier molecular flexibility index (Phi) is 4.89. The van der Waals surface area contributed by atoms with Gasteiger partial charge in [0.1, 0.15) is 5.82 Å². The predicted molar refractivity (Wildman–Crippen MR) is 107 cm³/mol. The second-order valence-corrected chi connectivity index (χ2v) is 8.02. The molecule has 2 aromatic carbocycles. The molecule has 27 heavy (non-hydrogen) atoms. The Morgan fingerprint density at radius 2 is 1.67 bits per heavy atom. The third-order valence-electron chi connectivity index (χ3n) is 5.72. The molecule has 4 heteroatoms. The molecule has 1 aliphatic heterocycles. The molecule has 1 saturated heterocycles. The van der Waals surface area contributed by atoms with E-state index >= 15 is 0 Å². The lowest BCUT2D eigenvalue weighted by atomic mass is 9.70. The zero-order valence-corrected chi connectivity index (χ0v) is 16.0. The molecule has 1 heterocycles. The molecule has 0 bridgehead atoms. The van der Waals surface area contributed by atoms with E-state index in [0.717, 1.165) is 49.2 Å². The lowest BCUT2D eigenvalue weighted by Gasteiger charge is -2.49. The van der Waals surface area contributed by atoms with Gasteiger partial charge in [0.05, 0.1) is 12.2 Å². The van der Waals surface area contributed by atoms with Gasteiger partial charge in [-0.25, -0.2) is 4.39 Å². The number of ether oxygens (including phenoxy) is 1. The fourth-order valence-electron chi connectivity index (χ4n) is 4.30. The highest BCUT2D eigenvalue weighted by Gasteiger charge is 2.45. The van der Waals surface area contributed by atoms with E-state index in [1.165, 1.54) is 23.3 Å². The molecular formula is C23H27FN2O. The topological polar surface area (TPSA) is 38.5 Å². The van der Waals surface area contributed by atoms with Crippen LogP contribution in [-0.2, 0) is 4.74 Å². The van der Waals surface area contributed by atoms with Crippen molar-refractivity contribution in [1.29, 1.82) is 0 Å². The van der Waals surface area contributed by atoms with Gasteiger partial charge in [0.15, 0.2) is 0 Å². The summed E-state index contributed by atoms with van der Waals surface area (Å²) in [6.45, 7) is 4.74. The summed E-state index contributed by atoms with van der Waals surface area (Å²) in [5.74, 6) is -0.210. The van der Waals surface area contributed by atoms with Crippen molar-refractivity contribution in [3.8, 4) is 0 Å². The highest BCUT2D eigenvalue weighted by Crippen LogP contribution is 2.47. The van der Waals surface area contributed by atoms with Crippen LogP contribution in [0.3, 0.4) is 0 Å². The number of rotatable bonds is 3. The molecule has 1 spiro atoms. The molecule has 2 aromatic rings. The van der Waals surface area contributed by atoms with Crippen molar-refractivity contribution in [2.24, 2.45) is 5.73 Å². The van der Waals surface area contributed by atoms with Crippen molar-refractivity contribution < 1.29 is 9.13 Å². The first-order valence-corrected chi connectivity index (χ1v) is 9.62. The van der Waals surface area contributed by atoms with Gasteiger partial charge in [-0.05, 0) is 61.2 Å². The average molecular weight is 366 g/mol. The Labute approximate surface area is 160 Å². The number of morpholine rings is 1. The van der Waals surface area contributed by atoms with Crippen LogP contribution in [0.1, 0.15) is 42.5 Å². The SMILES string of the molecule is C[C@@H](N)c1ccc(C(=C2CC3(C2)CN(C)CCO3)c2ccc(F)cc2)cc1. The van der Waals surface area contributed by atoms with Gasteiger partial charge in [-0.15, -0.1) is 0 Å². The first-order valence-electron chi connectivity index (χ1n) is 9.62. The number of nitrogens with two attached hydrogens (primary N) is 1. The van der Waals surface area contributed by atoms with E-state index in [4.69, 9.17) is 10.5 Å². The van der Waals surface area contributed by atoms with Crippen LogP contribution in [0.15, 0.2) is 54.1 Å². The summed E-state index contributed by atoms with van der Waals surface area (Å²) in [5.41, 5.74) is 11.8. The zero-order chi connectivity index (χ0) is 19.0. The van der Waals surface area contributed by atoms with E-state index in [2.05, 4.69) is 36.2 Å². The van der Waals surface area contributed by atoms with Crippen molar-refractivity contribution >= 4 is 5.57 Å². The van der Waals surface area contributed by atoms with Gasteiger partial charge in [0.25, 0.3) is 0 Å². The van der Waals surface area contributed by atoms with E-state index in [0.29, 0.717) is 0 Å². The molecule has 142 valence electrons. The fraction of sp³-hybridized carbons (Fsp3) is 0.391. The molecule has 1 saturated carbocycles. The first kappa shape index (κ1) is 18.4. The summed E-state index contributed by atoms with van der Waals surface area (Å²) >= 11 is 0. The van der Waals surface area contributed by atoms with Crippen LogP contribution in [0, 0.1) is 5.82 Å². The smallest absolute Gasteiger partial charge is 0.123 e. The minimum atomic E-state index is -0.210. The van der Waals surface area contributed by atoms with Gasteiger partial charge >= 0.3 is 0 Å². The third-order valence-corrected chi connectivity index (χ3v) is 5.72. The monoisotopic (exact) mass is 366 g/mol. The quantitative estimate of drug-likeness (QED) is 0.887. The second-order valence-electron chi connectivity index (χ2n) is 8.02. The molecule has 1 atom stereocenters. The number of nitrogens with zero attached hydrogens (tertiary/aromatic N) is 1. The maximum Gasteiger partial charge on any atom is 0.123 e. The molecule has 0 amide bonds. The van der Waals surface area contributed by atoms with Crippen molar-refractivity contribution in [1.82, 2.24) is 4.90 Å². The van der Waals surface area contributed by atoms with Crippen LogP contribution in [-0.4, -0.2) is 37.2 Å². The molecular weight excluding hydrogens is 339 g/mol. The average Bonchev–Trinajstić information content (AvgIpc) is 2.62. The molecule has 2 fully saturated rings. The van der Waals surface area contributed by atoms with Gasteiger partial charge in [0, 0.05) is 19.1 Å². The third kappa shape index (κ3) is 3.70. The molecule has 2 aliphatic rings. The molecule has 0 radical (unpaired) electrons. The summed E-state index contributed by atoms with van der Waals surface area (Å²) in [7, 11) is 2.15. The zero-order valence-electron chi connectivity index (χ0n) is 16.0. The summed E-state index contributed by atoms with van der Waals surface area (Å²) in [4.78, 5) is 2.34. The minimum Gasteiger partial charge on any atom is -0.372 e. The number of hydrogen-bond donors (Lipinski definition) is 1. The fourth-order valence-corrected chi connectivity index (χ4v) is 4.30. The molecule has 3 nitrogen and oxygen atoms in total. The van der Waals surface area contributed by atoms with Gasteiger partial charge in [-0.2, -0.15) is 0 Å². The number of hydrogen-bond acceptors (Lipinski definition) is 3. The summed E-state index contributed by atoms with van der Waals surface area (Å²) < 4.78 is 19.6. The largest absolute Gasteiger partial charge is 0.372 e. The summed E-state index contributed by atoms with van der Waals surface area (Å²) in [6, 6.07) is 15.3. The molecule has 1 aliphatic carbocycles. The van der Waals surface area contributed by atoms with Crippen molar-refractivity contribution in [2.45, 2.75) is 31.4 Å². The molecule has 0 unspecified atom stereocenters. The Morgan fingerprint density at radius 3 is 2.22 bits per heavy atom. The van der Waals surface area contributed by atoms with Gasteiger partial charge in [-0.1, -0.05) is 42.0 Å². The number of halogens is 1. The van der Waals surface area contributed by atoms with Crippen molar-refractivity contribution in [3.05, 3.63) is 76.6 Å². The van der Waals surface area contributed by atoms with Gasteiger partial charge < -0.3 is 15.4 Å². The maximum absolute atomic E-state index is 13.5. The van der Waals surface area contributed by atoms with Crippen molar-refractivity contribution in [2.75, 3.05) is 26.7 Å². The van der Waals surface area contributed by atoms with Crippen LogP contribution in [0.25, 0.3) is 5.57 Å².